The topological polar surface area (TPSA) is 72.6 Å². The summed E-state index contributed by atoms with van der Waals surface area (Å²) in [4.78, 5) is 26.8. The maximum atomic E-state index is 13.4. The van der Waals surface area contributed by atoms with E-state index in [4.69, 9.17) is 10.5 Å². The Morgan fingerprint density at radius 3 is 2.35 bits per heavy atom. The Kier molecular flexibility index (Phi) is 7.72. The number of nitrogens with two attached hydrogens (primary N) is 1. The molecule has 1 fully saturated rings. The molecule has 5 nitrogen and oxygen atoms in total. The fourth-order valence-corrected chi connectivity index (χ4v) is 4.24. The smallest absolute Gasteiger partial charge is 0.314 e. The minimum absolute atomic E-state index is 0.0878. The first-order valence-electron chi connectivity index (χ1n) is 11.2. The van der Waals surface area contributed by atoms with Crippen molar-refractivity contribution < 1.29 is 14.3 Å². The third kappa shape index (κ3) is 6.09. The molecule has 0 bridgehead atoms. The van der Waals surface area contributed by atoms with Gasteiger partial charge in [-0.2, -0.15) is 0 Å². The summed E-state index contributed by atoms with van der Waals surface area (Å²) in [5.41, 5.74) is 8.76. The Morgan fingerprint density at radius 1 is 1.06 bits per heavy atom. The number of nitrogens with zero attached hydrogens (tertiary/aromatic N) is 1. The van der Waals surface area contributed by atoms with Crippen molar-refractivity contribution in [3.8, 4) is 0 Å². The van der Waals surface area contributed by atoms with Gasteiger partial charge in [-0.05, 0) is 36.8 Å². The largest absolute Gasteiger partial charge is 0.461 e. The Bertz CT molecular complexity index is 864. The summed E-state index contributed by atoms with van der Waals surface area (Å²) in [5.74, 6) is -0.0386. The Balaban J connectivity index is 1.81. The molecular weight excluding hydrogens is 388 g/mol. The average Bonchev–Trinajstić information content (AvgIpc) is 2.75. The number of hydrogen-bond donors (Lipinski definition) is 1. The van der Waals surface area contributed by atoms with Gasteiger partial charge in [-0.3, -0.25) is 4.79 Å². The van der Waals surface area contributed by atoms with Crippen LogP contribution in [0.1, 0.15) is 61.6 Å². The lowest BCUT2D eigenvalue weighted by Crippen LogP contribution is -2.48. The summed E-state index contributed by atoms with van der Waals surface area (Å²) in [6.07, 6.45) is 2.02. The van der Waals surface area contributed by atoms with E-state index in [0.29, 0.717) is 25.4 Å². The van der Waals surface area contributed by atoms with E-state index in [0.717, 1.165) is 24.0 Å². The molecule has 1 aliphatic rings. The van der Waals surface area contributed by atoms with Crippen LogP contribution in [0.2, 0.25) is 0 Å². The van der Waals surface area contributed by atoms with E-state index in [1.807, 2.05) is 61.5 Å². The lowest BCUT2D eigenvalue weighted by molar-refractivity contribution is -0.154. The summed E-state index contributed by atoms with van der Waals surface area (Å²) in [7, 11) is 0. The molecule has 0 spiro atoms. The highest BCUT2D eigenvalue weighted by Crippen LogP contribution is 2.32. The minimum Gasteiger partial charge on any atom is -0.461 e. The number of benzene rings is 2. The number of urea groups is 1. The molecule has 2 N–H and O–H groups in total. The molecule has 1 saturated heterocycles. The Morgan fingerprint density at radius 2 is 1.74 bits per heavy atom. The molecule has 2 aromatic carbocycles. The number of piperidine rings is 1. The second kappa shape index (κ2) is 10.5. The molecule has 0 radical (unpaired) electrons. The van der Waals surface area contributed by atoms with E-state index in [1.165, 1.54) is 5.56 Å². The maximum absolute atomic E-state index is 13.4. The van der Waals surface area contributed by atoms with E-state index in [-0.39, 0.29) is 23.9 Å². The van der Waals surface area contributed by atoms with E-state index in [2.05, 4.69) is 13.8 Å². The number of ether oxygens (including phenoxy) is 1. The van der Waals surface area contributed by atoms with Gasteiger partial charge in [0.05, 0.1) is 5.92 Å². The first-order valence-corrected chi connectivity index (χ1v) is 11.2. The molecule has 2 amide bonds. The SMILES string of the molecule is Cc1ccc(C(CCC(C)C)C(=O)OC2CCN(C(N)=O)CC2c2ccccc2)cc1. The number of rotatable bonds is 7. The molecule has 1 heterocycles. The van der Waals surface area contributed by atoms with E-state index in [9.17, 15) is 9.59 Å². The van der Waals surface area contributed by atoms with Crippen molar-refractivity contribution in [2.24, 2.45) is 11.7 Å². The van der Waals surface area contributed by atoms with Gasteiger partial charge >= 0.3 is 12.0 Å². The zero-order valence-electron chi connectivity index (χ0n) is 18.8. The van der Waals surface area contributed by atoms with Gasteiger partial charge < -0.3 is 15.4 Å². The molecule has 3 rings (SSSR count). The van der Waals surface area contributed by atoms with Crippen LogP contribution in [-0.2, 0) is 9.53 Å². The van der Waals surface area contributed by atoms with Gasteiger partial charge in [0.2, 0.25) is 0 Å². The highest BCUT2D eigenvalue weighted by Gasteiger charge is 2.36. The maximum Gasteiger partial charge on any atom is 0.314 e. The second-order valence-electron chi connectivity index (χ2n) is 9.00. The van der Waals surface area contributed by atoms with Gasteiger partial charge in [-0.25, -0.2) is 4.79 Å². The first-order chi connectivity index (χ1) is 14.8. The van der Waals surface area contributed by atoms with Crippen LogP contribution >= 0.6 is 0 Å². The summed E-state index contributed by atoms with van der Waals surface area (Å²) in [6, 6.07) is 17.7. The standard InChI is InChI=1S/C26H34N2O3/c1-18(2)9-14-22(21-12-10-19(3)11-13-21)25(29)31-24-15-16-28(26(27)30)17-23(24)20-7-5-4-6-8-20/h4-8,10-13,18,22-24H,9,14-17H2,1-3H3,(H2,27,30). The summed E-state index contributed by atoms with van der Waals surface area (Å²) < 4.78 is 6.15. The lowest BCUT2D eigenvalue weighted by atomic mass is 9.87. The highest BCUT2D eigenvalue weighted by atomic mass is 16.5. The second-order valence-corrected chi connectivity index (χ2v) is 9.00. The van der Waals surface area contributed by atoms with Gasteiger partial charge in [0.1, 0.15) is 6.10 Å². The van der Waals surface area contributed by atoms with Crippen LogP contribution in [-0.4, -0.2) is 36.1 Å². The number of hydrogen-bond acceptors (Lipinski definition) is 3. The van der Waals surface area contributed by atoms with Crippen molar-refractivity contribution in [2.75, 3.05) is 13.1 Å². The van der Waals surface area contributed by atoms with Crippen molar-refractivity contribution in [1.82, 2.24) is 4.90 Å². The van der Waals surface area contributed by atoms with Crippen LogP contribution in [0.3, 0.4) is 0 Å². The summed E-state index contributed by atoms with van der Waals surface area (Å²) in [5, 5.41) is 0. The van der Waals surface area contributed by atoms with Crippen molar-refractivity contribution in [2.45, 2.75) is 58.0 Å². The lowest BCUT2D eigenvalue weighted by Gasteiger charge is -2.38. The minimum atomic E-state index is -0.430. The van der Waals surface area contributed by atoms with Crippen molar-refractivity contribution >= 4 is 12.0 Å². The molecule has 31 heavy (non-hydrogen) atoms. The van der Waals surface area contributed by atoms with Crippen LogP contribution in [0.5, 0.6) is 0 Å². The Labute approximate surface area is 185 Å². The monoisotopic (exact) mass is 422 g/mol. The zero-order valence-corrected chi connectivity index (χ0v) is 18.8. The quantitative estimate of drug-likeness (QED) is 0.639. The average molecular weight is 423 g/mol. The predicted octanol–water partition coefficient (Wildman–Crippen LogP) is 4.99. The number of carbonyl (C=O) groups is 2. The number of amides is 2. The third-order valence-corrected chi connectivity index (χ3v) is 6.15. The molecular formula is C26H34N2O3. The van der Waals surface area contributed by atoms with E-state index < -0.39 is 6.03 Å². The third-order valence-electron chi connectivity index (χ3n) is 6.15. The van der Waals surface area contributed by atoms with Gasteiger partial charge in [0.15, 0.2) is 0 Å². The molecule has 5 heteroatoms. The van der Waals surface area contributed by atoms with Crippen molar-refractivity contribution in [3.05, 3.63) is 71.3 Å². The molecule has 0 aromatic heterocycles. The number of carbonyl (C=O) groups excluding carboxylic acids is 2. The van der Waals surface area contributed by atoms with Crippen molar-refractivity contribution in [3.63, 3.8) is 0 Å². The molecule has 1 aliphatic heterocycles. The van der Waals surface area contributed by atoms with Crippen LogP contribution in [0.25, 0.3) is 0 Å². The first kappa shape index (κ1) is 22.9. The summed E-state index contributed by atoms with van der Waals surface area (Å²) >= 11 is 0. The van der Waals surface area contributed by atoms with Gasteiger partial charge in [0, 0.05) is 25.4 Å². The molecule has 2 aromatic rings. The predicted molar refractivity (Wildman–Crippen MR) is 123 cm³/mol. The van der Waals surface area contributed by atoms with E-state index >= 15 is 0 Å². The van der Waals surface area contributed by atoms with Crippen LogP contribution < -0.4 is 5.73 Å². The molecule has 3 unspecified atom stereocenters. The van der Waals surface area contributed by atoms with Crippen LogP contribution in [0, 0.1) is 12.8 Å². The molecule has 0 aliphatic carbocycles. The van der Waals surface area contributed by atoms with Gasteiger partial charge in [-0.15, -0.1) is 0 Å². The number of likely N-dealkylation sites (tertiary alicyclic amines) is 1. The molecule has 0 saturated carbocycles. The number of aryl methyl sites for hydroxylation is 1. The number of primary amides is 1. The fourth-order valence-electron chi connectivity index (χ4n) is 4.24. The van der Waals surface area contributed by atoms with Gasteiger partial charge in [-0.1, -0.05) is 74.0 Å². The zero-order chi connectivity index (χ0) is 22.4. The summed E-state index contributed by atoms with van der Waals surface area (Å²) in [6.45, 7) is 7.34. The Hall–Kier alpha value is -2.82. The van der Waals surface area contributed by atoms with Crippen molar-refractivity contribution in [1.29, 1.82) is 0 Å². The van der Waals surface area contributed by atoms with Crippen LogP contribution in [0.15, 0.2) is 54.6 Å². The normalized spacial score (nSPS) is 19.8. The fraction of sp³-hybridized carbons (Fsp3) is 0.462. The molecule has 166 valence electrons. The van der Waals surface area contributed by atoms with E-state index in [1.54, 1.807) is 4.90 Å². The van der Waals surface area contributed by atoms with Gasteiger partial charge in [0.25, 0.3) is 0 Å². The van der Waals surface area contributed by atoms with Crippen LogP contribution in [0.4, 0.5) is 4.79 Å². The number of esters is 1. The molecule has 3 atom stereocenters. The highest BCUT2D eigenvalue weighted by molar-refractivity contribution is 5.78.